The molecule has 0 aliphatic rings. The van der Waals surface area contributed by atoms with Crippen LogP contribution in [0.3, 0.4) is 0 Å². The first-order valence-electron chi connectivity index (χ1n) is 4.88. The summed E-state index contributed by atoms with van der Waals surface area (Å²) < 4.78 is 0. The lowest BCUT2D eigenvalue weighted by molar-refractivity contribution is 0.0697. The number of carbonyl (C=O) groups is 1. The molecular formula is C11H11N5O2. The number of nitrogens with zero attached hydrogens (tertiary/aromatic N) is 2. The number of aryl methyl sites for hydroxylation is 1. The minimum absolute atomic E-state index is 0.161. The number of benzene rings is 1. The molecule has 92 valence electrons. The number of carboxylic acid groups (broad SMARTS) is 1. The molecule has 0 fully saturated rings. The maximum Gasteiger partial charge on any atom is 0.335 e. The number of nitriles is 1. The van der Waals surface area contributed by atoms with Crippen molar-refractivity contribution in [2.75, 3.05) is 5.43 Å². The minimum atomic E-state index is -1.02. The molecule has 0 aliphatic heterocycles. The number of anilines is 1. The number of carboxylic acids is 1. The Bertz CT molecular complexity index is 571. The van der Waals surface area contributed by atoms with Crippen LogP contribution in [0.2, 0.25) is 0 Å². The molecule has 0 heterocycles. The highest BCUT2D eigenvalue weighted by Gasteiger charge is 2.06. The molecule has 18 heavy (non-hydrogen) atoms. The predicted octanol–water partition coefficient (Wildman–Crippen LogP) is 0.921. The fourth-order valence-corrected chi connectivity index (χ4v) is 1.18. The van der Waals surface area contributed by atoms with Crippen LogP contribution in [0, 0.1) is 23.7 Å². The number of hydrogen-bond acceptors (Lipinski definition) is 5. The van der Waals surface area contributed by atoms with Crippen LogP contribution in [0.25, 0.3) is 0 Å². The molecule has 1 aromatic carbocycles. The maximum absolute atomic E-state index is 10.7. The van der Waals surface area contributed by atoms with Crippen LogP contribution in [-0.4, -0.2) is 22.6 Å². The third-order valence-corrected chi connectivity index (χ3v) is 2.12. The Labute approximate surface area is 103 Å². The van der Waals surface area contributed by atoms with Gasteiger partial charge in [-0.15, -0.1) is 0 Å². The molecule has 0 aromatic heterocycles. The Morgan fingerprint density at radius 1 is 1.61 bits per heavy atom. The summed E-state index contributed by atoms with van der Waals surface area (Å²) in [5, 5.41) is 28.2. The molecule has 0 atom stereocenters. The Morgan fingerprint density at radius 2 is 2.28 bits per heavy atom. The van der Waals surface area contributed by atoms with Gasteiger partial charge in [0.15, 0.2) is 5.84 Å². The van der Waals surface area contributed by atoms with Crippen LogP contribution >= 0.6 is 0 Å². The lowest BCUT2D eigenvalue weighted by atomic mass is 10.1. The van der Waals surface area contributed by atoms with Crippen LogP contribution in [0.4, 0.5) is 5.69 Å². The first kappa shape index (κ1) is 13.2. The number of nitrogens with two attached hydrogens (primary N) is 1. The summed E-state index contributed by atoms with van der Waals surface area (Å²) in [6, 6.07) is 6.07. The Kier molecular flexibility index (Phi) is 3.99. The van der Waals surface area contributed by atoms with Gasteiger partial charge in [0, 0.05) is 0 Å². The van der Waals surface area contributed by atoms with E-state index in [4.69, 9.17) is 21.5 Å². The van der Waals surface area contributed by atoms with Crippen LogP contribution in [-0.2, 0) is 0 Å². The van der Waals surface area contributed by atoms with E-state index < -0.39 is 11.8 Å². The van der Waals surface area contributed by atoms with Crippen molar-refractivity contribution in [2.24, 2.45) is 10.8 Å². The number of hydrazone groups is 1. The van der Waals surface area contributed by atoms with E-state index in [1.807, 2.05) is 0 Å². The molecule has 1 rings (SSSR count). The monoisotopic (exact) mass is 245 g/mol. The van der Waals surface area contributed by atoms with Gasteiger partial charge in [-0.3, -0.25) is 10.8 Å². The largest absolute Gasteiger partial charge is 0.478 e. The van der Waals surface area contributed by atoms with Crippen molar-refractivity contribution < 1.29 is 9.90 Å². The van der Waals surface area contributed by atoms with E-state index in [0.717, 1.165) is 0 Å². The zero-order chi connectivity index (χ0) is 13.7. The van der Waals surface area contributed by atoms with Gasteiger partial charge >= 0.3 is 5.97 Å². The summed E-state index contributed by atoms with van der Waals surface area (Å²) in [6.07, 6.45) is 0. The Morgan fingerprint density at radius 3 is 2.72 bits per heavy atom. The zero-order valence-corrected chi connectivity index (χ0v) is 9.56. The second kappa shape index (κ2) is 5.45. The summed E-state index contributed by atoms with van der Waals surface area (Å²) in [4.78, 5) is 10.7. The molecule has 0 aliphatic carbocycles. The number of amidine groups is 1. The van der Waals surface area contributed by atoms with Gasteiger partial charge in [-0.25, -0.2) is 4.79 Å². The highest BCUT2D eigenvalue weighted by atomic mass is 16.4. The smallest absolute Gasteiger partial charge is 0.335 e. The Hall–Kier alpha value is -2.88. The molecule has 0 amide bonds. The number of nitrogens with one attached hydrogen (secondary N) is 2. The molecule has 0 radical (unpaired) electrons. The zero-order valence-electron chi connectivity index (χ0n) is 9.56. The van der Waals surface area contributed by atoms with E-state index in [0.29, 0.717) is 11.3 Å². The standard InChI is InChI=1S/C11H11N5O2/c1-6-4-7(11(17)18)2-3-8(6)15-16-9(5-12)10(13)14/h2-4,15H,1H3,(H3,13,14)(H,17,18)/b16-9+. The van der Waals surface area contributed by atoms with Crippen molar-refractivity contribution in [3.63, 3.8) is 0 Å². The molecule has 0 saturated heterocycles. The van der Waals surface area contributed by atoms with Crippen molar-refractivity contribution >= 4 is 23.2 Å². The summed E-state index contributed by atoms with van der Waals surface area (Å²) >= 11 is 0. The quantitative estimate of drug-likeness (QED) is 0.355. The molecule has 7 nitrogen and oxygen atoms in total. The molecule has 1 aromatic rings. The summed E-state index contributed by atoms with van der Waals surface area (Å²) in [5.41, 5.74) is 8.80. The maximum atomic E-state index is 10.7. The highest BCUT2D eigenvalue weighted by molar-refractivity contribution is 6.45. The van der Waals surface area contributed by atoms with Gasteiger partial charge in [0.05, 0.1) is 11.3 Å². The van der Waals surface area contributed by atoms with Gasteiger partial charge in [-0.2, -0.15) is 10.4 Å². The summed E-state index contributed by atoms with van der Waals surface area (Å²) in [5.74, 6) is -1.46. The van der Waals surface area contributed by atoms with E-state index in [2.05, 4.69) is 10.5 Å². The van der Waals surface area contributed by atoms with Crippen LogP contribution in [0.5, 0.6) is 0 Å². The first-order chi connectivity index (χ1) is 8.45. The molecule has 0 saturated carbocycles. The van der Waals surface area contributed by atoms with Gasteiger partial charge in [-0.1, -0.05) is 0 Å². The van der Waals surface area contributed by atoms with E-state index in [9.17, 15) is 4.79 Å². The third-order valence-electron chi connectivity index (χ3n) is 2.12. The molecule has 0 bridgehead atoms. The lowest BCUT2D eigenvalue weighted by Crippen LogP contribution is -2.21. The van der Waals surface area contributed by atoms with E-state index in [-0.39, 0.29) is 11.3 Å². The normalized spacial score (nSPS) is 10.6. The van der Waals surface area contributed by atoms with Crippen LogP contribution < -0.4 is 11.2 Å². The topological polar surface area (TPSA) is 135 Å². The van der Waals surface area contributed by atoms with Gasteiger partial charge < -0.3 is 10.8 Å². The van der Waals surface area contributed by atoms with Gasteiger partial charge in [-0.05, 0) is 30.7 Å². The second-order valence-electron chi connectivity index (χ2n) is 3.43. The fraction of sp³-hybridized carbons (Fsp3) is 0.0909. The van der Waals surface area contributed by atoms with E-state index in [1.54, 1.807) is 13.0 Å². The highest BCUT2D eigenvalue weighted by Crippen LogP contribution is 2.16. The molecule has 0 unspecified atom stereocenters. The molecular weight excluding hydrogens is 234 g/mol. The Balaban J connectivity index is 2.97. The molecule has 0 spiro atoms. The number of rotatable bonds is 4. The van der Waals surface area contributed by atoms with E-state index in [1.165, 1.54) is 18.2 Å². The number of hydrogen-bond donors (Lipinski definition) is 4. The lowest BCUT2D eigenvalue weighted by Gasteiger charge is -2.06. The van der Waals surface area contributed by atoms with Crippen molar-refractivity contribution in [3.8, 4) is 6.07 Å². The fourth-order valence-electron chi connectivity index (χ4n) is 1.18. The molecule has 7 heteroatoms. The van der Waals surface area contributed by atoms with Gasteiger partial charge in [0.25, 0.3) is 0 Å². The van der Waals surface area contributed by atoms with Crippen molar-refractivity contribution in [2.45, 2.75) is 6.92 Å². The first-order valence-corrected chi connectivity index (χ1v) is 4.88. The van der Waals surface area contributed by atoms with Crippen molar-refractivity contribution in [3.05, 3.63) is 29.3 Å². The predicted molar refractivity (Wildman–Crippen MR) is 66.7 cm³/mol. The third kappa shape index (κ3) is 3.05. The second-order valence-corrected chi connectivity index (χ2v) is 3.43. The summed E-state index contributed by atoms with van der Waals surface area (Å²) in [6.45, 7) is 1.70. The SMILES string of the molecule is Cc1cc(C(=O)O)ccc1N/N=C(\C#N)C(=N)N. The van der Waals surface area contributed by atoms with Gasteiger partial charge in [0.2, 0.25) is 5.71 Å². The number of aromatic carboxylic acids is 1. The van der Waals surface area contributed by atoms with Crippen molar-refractivity contribution in [1.29, 1.82) is 10.7 Å². The minimum Gasteiger partial charge on any atom is -0.478 e. The average molecular weight is 245 g/mol. The molecule has 5 N–H and O–H groups in total. The summed E-state index contributed by atoms with van der Waals surface area (Å²) in [7, 11) is 0. The van der Waals surface area contributed by atoms with Crippen LogP contribution in [0.15, 0.2) is 23.3 Å². The van der Waals surface area contributed by atoms with E-state index >= 15 is 0 Å². The average Bonchev–Trinajstić information content (AvgIpc) is 2.30. The van der Waals surface area contributed by atoms with Crippen LogP contribution in [0.1, 0.15) is 15.9 Å². The van der Waals surface area contributed by atoms with Crippen molar-refractivity contribution in [1.82, 2.24) is 0 Å². The van der Waals surface area contributed by atoms with Gasteiger partial charge in [0.1, 0.15) is 6.07 Å².